The van der Waals surface area contributed by atoms with Crippen LogP contribution in [-0.4, -0.2) is 22.1 Å². The largest absolute Gasteiger partial charge is 0.377 e. The highest BCUT2D eigenvalue weighted by molar-refractivity contribution is 7.13. The Morgan fingerprint density at radius 1 is 1.40 bits per heavy atom. The Hall–Kier alpha value is -1.33. The van der Waals surface area contributed by atoms with Crippen LogP contribution in [0.25, 0.3) is 10.6 Å². The van der Waals surface area contributed by atoms with Gasteiger partial charge in [-0.15, -0.1) is 11.3 Å². The second-order valence-corrected chi connectivity index (χ2v) is 3.91. The number of ether oxygens (including phenoxy) is 1. The van der Waals surface area contributed by atoms with Gasteiger partial charge in [-0.3, -0.25) is 0 Å². The molecule has 0 aromatic carbocycles. The Balaban J connectivity index is 2.37. The molecular formula is C10H11N3OS. The SMILES string of the molecule is COCc1nccc(-c2scnc2C)n1. The van der Waals surface area contributed by atoms with Crippen LogP contribution in [0.2, 0.25) is 0 Å². The molecule has 0 aliphatic rings. The highest BCUT2D eigenvalue weighted by atomic mass is 32.1. The topological polar surface area (TPSA) is 47.9 Å². The van der Waals surface area contributed by atoms with E-state index in [2.05, 4.69) is 15.0 Å². The number of hydrogen-bond acceptors (Lipinski definition) is 5. The second kappa shape index (κ2) is 4.46. The number of rotatable bonds is 3. The van der Waals surface area contributed by atoms with Gasteiger partial charge in [-0.1, -0.05) is 0 Å². The number of hydrogen-bond donors (Lipinski definition) is 0. The van der Waals surface area contributed by atoms with Crippen molar-refractivity contribution in [3.63, 3.8) is 0 Å². The molecule has 0 N–H and O–H groups in total. The minimum absolute atomic E-state index is 0.436. The minimum atomic E-state index is 0.436. The summed E-state index contributed by atoms with van der Waals surface area (Å²) >= 11 is 1.59. The first kappa shape index (κ1) is 10.2. The summed E-state index contributed by atoms with van der Waals surface area (Å²) in [4.78, 5) is 13.8. The molecule has 0 saturated heterocycles. The van der Waals surface area contributed by atoms with Crippen LogP contribution >= 0.6 is 11.3 Å². The molecule has 0 unspecified atom stereocenters. The van der Waals surface area contributed by atoms with Crippen LogP contribution in [0.4, 0.5) is 0 Å². The number of thiazole rings is 1. The molecule has 0 saturated carbocycles. The zero-order valence-corrected chi connectivity index (χ0v) is 9.41. The number of methoxy groups -OCH3 is 1. The quantitative estimate of drug-likeness (QED) is 0.796. The van der Waals surface area contributed by atoms with Gasteiger partial charge < -0.3 is 4.74 Å². The van der Waals surface area contributed by atoms with Crippen molar-refractivity contribution in [2.45, 2.75) is 13.5 Å². The number of aryl methyl sites for hydroxylation is 1. The molecule has 4 nitrogen and oxygen atoms in total. The predicted molar refractivity (Wildman–Crippen MR) is 58.6 cm³/mol. The van der Waals surface area contributed by atoms with Crippen LogP contribution in [0.1, 0.15) is 11.5 Å². The smallest absolute Gasteiger partial charge is 0.154 e. The fourth-order valence-electron chi connectivity index (χ4n) is 1.27. The first-order valence-electron chi connectivity index (χ1n) is 4.52. The number of nitrogens with zero attached hydrogens (tertiary/aromatic N) is 3. The van der Waals surface area contributed by atoms with Crippen LogP contribution in [0.15, 0.2) is 17.8 Å². The Kier molecular flexibility index (Phi) is 3.03. The summed E-state index contributed by atoms with van der Waals surface area (Å²) in [5.41, 5.74) is 3.74. The van der Waals surface area contributed by atoms with Gasteiger partial charge in [0, 0.05) is 13.3 Å². The third-order valence-corrected chi connectivity index (χ3v) is 2.91. The average Bonchev–Trinajstić information content (AvgIpc) is 2.65. The molecule has 0 amide bonds. The minimum Gasteiger partial charge on any atom is -0.377 e. The maximum Gasteiger partial charge on any atom is 0.154 e. The normalized spacial score (nSPS) is 10.5. The zero-order chi connectivity index (χ0) is 10.7. The second-order valence-electron chi connectivity index (χ2n) is 3.06. The molecule has 78 valence electrons. The van der Waals surface area contributed by atoms with Gasteiger partial charge >= 0.3 is 0 Å². The standard InChI is InChI=1S/C10H11N3OS/c1-7-10(15-6-12-7)8-3-4-11-9(13-8)5-14-2/h3-4,6H,5H2,1-2H3. The van der Waals surface area contributed by atoms with E-state index in [0.717, 1.165) is 16.3 Å². The fraction of sp³-hybridized carbons (Fsp3) is 0.300. The van der Waals surface area contributed by atoms with E-state index in [9.17, 15) is 0 Å². The Morgan fingerprint density at radius 3 is 2.93 bits per heavy atom. The lowest BCUT2D eigenvalue weighted by Gasteiger charge is -2.01. The van der Waals surface area contributed by atoms with Gasteiger partial charge in [0.2, 0.25) is 0 Å². The van der Waals surface area contributed by atoms with Gasteiger partial charge in [-0.05, 0) is 13.0 Å². The molecule has 0 fully saturated rings. The molecule has 0 atom stereocenters. The molecule has 15 heavy (non-hydrogen) atoms. The van der Waals surface area contributed by atoms with Crippen LogP contribution in [-0.2, 0) is 11.3 Å². The van der Waals surface area contributed by atoms with Crippen molar-refractivity contribution in [2.75, 3.05) is 7.11 Å². The predicted octanol–water partition coefficient (Wildman–Crippen LogP) is 2.05. The maximum atomic E-state index is 4.99. The molecule has 0 radical (unpaired) electrons. The summed E-state index contributed by atoms with van der Waals surface area (Å²) in [6, 6.07) is 1.89. The van der Waals surface area contributed by atoms with Gasteiger partial charge in [0.05, 0.1) is 21.8 Å². The zero-order valence-electron chi connectivity index (χ0n) is 8.60. The van der Waals surface area contributed by atoms with Crippen molar-refractivity contribution >= 4 is 11.3 Å². The molecule has 0 aliphatic heterocycles. The van der Waals surface area contributed by atoms with Crippen molar-refractivity contribution in [2.24, 2.45) is 0 Å². The molecule has 2 aromatic rings. The fourth-order valence-corrected chi connectivity index (χ4v) is 2.05. The molecule has 5 heteroatoms. The van der Waals surface area contributed by atoms with Gasteiger partial charge in [-0.25, -0.2) is 15.0 Å². The van der Waals surface area contributed by atoms with Crippen molar-refractivity contribution in [1.82, 2.24) is 15.0 Å². The van der Waals surface area contributed by atoms with E-state index in [-0.39, 0.29) is 0 Å². The van der Waals surface area contributed by atoms with Crippen molar-refractivity contribution in [3.8, 4) is 10.6 Å². The van der Waals surface area contributed by atoms with Gasteiger partial charge in [0.15, 0.2) is 5.82 Å². The van der Waals surface area contributed by atoms with Crippen LogP contribution in [0.5, 0.6) is 0 Å². The van der Waals surface area contributed by atoms with Crippen LogP contribution in [0, 0.1) is 6.92 Å². The van der Waals surface area contributed by atoms with E-state index in [1.807, 2.05) is 18.5 Å². The lowest BCUT2D eigenvalue weighted by Crippen LogP contribution is -1.97. The highest BCUT2D eigenvalue weighted by Crippen LogP contribution is 2.24. The lowest BCUT2D eigenvalue weighted by molar-refractivity contribution is 0.178. The molecule has 0 aliphatic carbocycles. The molecular weight excluding hydrogens is 210 g/mol. The molecule has 0 bridgehead atoms. The summed E-state index contributed by atoms with van der Waals surface area (Å²) in [5, 5.41) is 0. The van der Waals surface area contributed by atoms with Crippen molar-refractivity contribution in [1.29, 1.82) is 0 Å². The van der Waals surface area contributed by atoms with Crippen LogP contribution in [0.3, 0.4) is 0 Å². The summed E-state index contributed by atoms with van der Waals surface area (Å²) in [6.07, 6.45) is 1.75. The van der Waals surface area contributed by atoms with Crippen molar-refractivity contribution < 1.29 is 4.74 Å². The lowest BCUT2D eigenvalue weighted by atomic mass is 10.3. The average molecular weight is 221 g/mol. The monoisotopic (exact) mass is 221 g/mol. The molecule has 2 rings (SSSR count). The summed E-state index contributed by atoms with van der Waals surface area (Å²) in [7, 11) is 1.63. The van der Waals surface area contributed by atoms with Gasteiger partial charge in [0.25, 0.3) is 0 Å². The Labute approximate surface area is 92.0 Å². The van der Waals surface area contributed by atoms with E-state index in [1.54, 1.807) is 24.6 Å². The maximum absolute atomic E-state index is 4.99. The summed E-state index contributed by atoms with van der Waals surface area (Å²) < 4.78 is 4.99. The summed E-state index contributed by atoms with van der Waals surface area (Å²) in [6.45, 7) is 2.41. The van der Waals surface area contributed by atoms with E-state index >= 15 is 0 Å². The number of aromatic nitrogens is 3. The van der Waals surface area contributed by atoms with E-state index in [1.165, 1.54) is 0 Å². The highest BCUT2D eigenvalue weighted by Gasteiger charge is 2.07. The first-order chi connectivity index (χ1) is 7.31. The van der Waals surface area contributed by atoms with Gasteiger partial charge in [-0.2, -0.15) is 0 Å². The Bertz CT molecular complexity index is 455. The van der Waals surface area contributed by atoms with E-state index in [0.29, 0.717) is 12.4 Å². The van der Waals surface area contributed by atoms with E-state index in [4.69, 9.17) is 4.74 Å². The molecule has 0 spiro atoms. The molecule has 2 heterocycles. The van der Waals surface area contributed by atoms with Crippen LogP contribution < -0.4 is 0 Å². The first-order valence-corrected chi connectivity index (χ1v) is 5.40. The molecule has 2 aromatic heterocycles. The Morgan fingerprint density at radius 2 is 2.27 bits per heavy atom. The van der Waals surface area contributed by atoms with E-state index < -0.39 is 0 Å². The van der Waals surface area contributed by atoms with Crippen molar-refractivity contribution in [3.05, 3.63) is 29.3 Å². The summed E-state index contributed by atoms with van der Waals surface area (Å²) in [5.74, 6) is 0.697. The third kappa shape index (κ3) is 2.19. The third-order valence-electron chi connectivity index (χ3n) is 1.96. The van der Waals surface area contributed by atoms with Gasteiger partial charge in [0.1, 0.15) is 6.61 Å².